The predicted octanol–water partition coefficient (Wildman–Crippen LogP) is 2.08. The normalized spacial score (nSPS) is 21.5. The van der Waals surface area contributed by atoms with Crippen molar-refractivity contribution in [3.05, 3.63) is 70.3 Å². The summed E-state index contributed by atoms with van der Waals surface area (Å²) in [5.41, 5.74) is 3.15. The Morgan fingerprint density at radius 2 is 1.82 bits per heavy atom. The van der Waals surface area contributed by atoms with E-state index in [0.29, 0.717) is 28.1 Å². The average molecular weight is 482 g/mol. The van der Waals surface area contributed by atoms with Crippen LogP contribution in [0.3, 0.4) is 0 Å². The molecule has 1 aromatic heterocycles. The molecular weight excluding hydrogens is 458 g/mol. The van der Waals surface area contributed by atoms with E-state index in [2.05, 4.69) is 10.2 Å². The van der Waals surface area contributed by atoms with Gasteiger partial charge in [0.25, 0.3) is 0 Å². The van der Waals surface area contributed by atoms with E-state index in [1.807, 2.05) is 41.8 Å². The molecule has 2 N–H and O–H groups in total. The summed E-state index contributed by atoms with van der Waals surface area (Å²) in [4.78, 5) is 19.6. The van der Waals surface area contributed by atoms with Gasteiger partial charge in [0, 0.05) is 29.2 Å². The smallest absolute Gasteiger partial charge is 0.225 e. The highest BCUT2D eigenvalue weighted by Crippen LogP contribution is 2.35. The number of benzene rings is 2. The molecule has 5 rings (SSSR count). The Labute approximate surface area is 201 Å². The van der Waals surface area contributed by atoms with Gasteiger partial charge in [0.1, 0.15) is 17.6 Å². The molecule has 1 fully saturated rings. The van der Waals surface area contributed by atoms with Gasteiger partial charge in [-0.1, -0.05) is 23.7 Å². The number of β-amino-alcohol motifs (C(OH)–C–C–N with tert-alkyl or cyclic N) is 2. The van der Waals surface area contributed by atoms with E-state index in [-0.39, 0.29) is 25.4 Å². The summed E-state index contributed by atoms with van der Waals surface area (Å²) < 4.78 is 7.39. The number of fused-ring (bicyclic) bond motifs is 3. The maximum atomic E-state index is 13.1. The SMILES string of the molecule is COc1ccc2c(c1)C(c1ccc(Cl)cc1)=N[C@@H](CC(=O)N1CC(O)C(O)C1)c1nnc(C)n1-2. The molecule has 0 saturated carbocycles. The fraction of sp³-hybridized carbons (Fsp3) is 0.333. The second-order valence-corrected chi connectivity index (χ2v) is 8.90. The quantitative estimate of drug-likeness (QED) is 0.590. The number of hydrogen-bond donors (Lipinski definition) is 2. The van der Waals surface area contributed by atoms with Gasteiger partial charge >= 0.3 is 0 Å². The molecule has 0 aliphatic carbocycles. The molecular formula is C24H24ClN5O4. The highest BCUT2D eigenvalue weighted by molar-refractivity contribution is 6.30. The van der Waals surface area contributed by atoms with Crippen LogP contribution in [-0.2, 0) is 4.79 Å². The zero-order valence-electron chi connectivity index (χ0n) is 18.7. The number of hydrogen-bond acceptors (Lipinski definition) is 7. The number of rotatable bonds is 4. The van der Waals surface area contributed by atoms with Gasteiger partial charge in [0.15, 0.2) is 5.82 Å². The number of ether oxygens (including phenoxy) is 1. The molecule has 2 aliphatic rings. The molecule has 176 valence electrons. The van der Waals surface area contributed by atoms with Crippen molar-refractivity contribution in [1.82, 2.24) is 19.7 Å². The molecule has 0 radical (unpaired) electrons. The van der Waals surface area contributed by atoms with E-state index in [1.165, 1.54) is 4.90 Å². The molecule has 3 atom stereocenters. The van der Waals surface area contributed by atoms with Crippen LogP contribution in [0.15, 0.2) is 47.5 Å². The molecule has 0 spiro atoms. The van der Waals surface area contributed by atoms with Crippen molar-refractivity contribution in [2.75, 3.05) is 20.2 Å². The lowest BCUT2D eigenvalue weighted by Gasteiger charge is -2.18. The number of aliphatic hydroxyl groups is 2. The monoisotopic (exact) mass is 481 g/mol. The van der Waals surface area contributed by atoms with Gasteiger partial charge in [-0.15, -0.1) is 10.2 Å². The number of methoxy groups -OCH3 is 1. The summed E-state index contributed by atoms with van der Waals surface area (Å²) >= 11 is 6.13. The topological polar surface area (TPSA) is 113 Å². The Kier molecular flexibility index (Phi) is 5.85. The van der Waals surface area contributed by atoms with E-state index >= 15 is 0 Å². The number of aryl methyl sites for hydroxylation is 1. The Bertz CT molecular complexity index is 1260. The third-order valence-electron chi connectivity index (χ3n) is 6.23. The fourth-order valence-corrected chi connectivity index (χ4v) is 4.57. The second kappa shape index (κ2) is 8.83. The van der Waals surface area contributed by atoms with Crippen molar-refractivity contribution >= 4 is 23.2 Å². The Balaban J connectivity index is 1.64. The van der Waals surface area contributed by atoms with Crippen LogP contribution in [0.1, 0.15) is 35.2 Å². The van der Waals surface area contributed by atoms with Gasteiger partial charge < -0.3 is 19.8 Å². The van der Waals surface area contributed by atoms with Crippen molar-refractivity contribution in [2.45, 2.75) is 31.6 Å². The van der Waals surface area contributed by atoms with Crippen molar-refractivity contribution in [3.8, 4) is 11.4 Å². The molecule has 10 heteroatoms. The van der Waals surface area contributed by atoms with E-state index < -0.39 is 18.2 Å². The predicted molar refractivity (Wildman–Crippen MR) is 126 cm³/mol. The number of carbonyl (C=O) groups is 1. The largest absolute Gasteiger partial charge is 0.497 e. The maximum absolute atomic E-state index is 13.1. The lowest BCUT2D eigenvalue weighted by atomic mass is 10.00. The van der Waals surface area contributed by atoms with Gasteiger partial charge in [-0.25, -0.2) is 0 Å². The van der Waals surface area contributed by atoms with Crippen LogP contribution < -0.4 is 4.74 Å². The maximum Gasteiger partial charge on any atom is 0.225 e. The second-order valence-electron chi connectivity index (χ2n) is 8.46. The molecule has 2 unspecified atom stereocenters. The first kappa shape index (κ1) is 22.5. The molecule has 2 aromatic carbocycles. The standard InChI is InChI=1S/C24H24ClN5O4/c1-13-27-28-24-18(10-22(33)29-11-20(31)21(32)12-29)26-23(14-3-5-15(25)6-4-14)17-9-16(34-2)7-8-19(17)30(13)24/h3-9,18,20-21,31-32H,10-12H2,1-2H3/t18-,20?,21?/m0/s1. The first-order valence-electron chi connectivity index (χ1n) is 10.9. The molecule has 1 saturated heterocycles. The highest BCUT2D eigenvalue weighted by Gasteiger charge is 2.36. The number of amides is 1. The molecule has 0 bridgehead atoms. The first-order chi connectivity index (χ1) is 16.4. The minimum Gasteiger partial charge on any atom is -0.497 e. The average Bonchev–Trinajstić information content (AvgIpc) is 3.34. The minimum absolute atomic E-state index is 0.0137. The van der Waals surface area contributed by atoms with Crippen molar-refractivity contribution in [1.29, 1.82) is 0 Å². The van der Waals surface area contributed by atoms with Gasteiger partial charge in [-0.2, -0.15) is 0 Å². The number of aromatic nitrogens is 3. The third kappa shape index (κ3) is 3.96. The van der Waals surface area contributed by atoms with E-state index in [0.717, 1.165) is 16.8 Å². The number of nitrogens with zero attached hydrogens (tertiary/aromatic N) is 5. The Morgan fingerprint density at radius 1 is 1.12 bits per heavy atom. The van der Waals surface area contributed by atoms with Crippen molar-refractivity contribution < 1.29 is 19.7 Å². The van der Waals surface area contributed by atoms with E-state index in [9.17, 15) is 15.0 Å². The van der Waals surface area contributed by atoms with E-state index in [4.69, 9.17) is 21.3 Å². The molecule has 2 aliphatic heterocycles. The number of carbonyl (C=O) groups excluding carboxylic acids is 1. The van der Waals surface area contributed by atoms with Crippen LogP contribution in [0.2, 0.25) is 5.02 Å². The number of halogens is 1. The number of aliphatic hydroxyl groups excluding tert-OH is 2. The Hall–Kier alpha value is -3.27. The molecule has 34 heavy (non-hydrogen) atoms. The zero-order chi connectivity index (χ0) is 24.0. The van der Waals surface area contributed by atoms with Crippen LogP contribution >= 0.6 is 11.6 Å². The summed E-state index contributed by atoms with van der Waals surface area (Å²) in [7, 11) is 1.60. The van der Waals surface area contributed by atoms with E-state index in [1.54, 1.807) is 19.2 Å². The zero-order valence-corrected chi connectivity index (χ0v) is 19.5. The van der Waals surface area contributed by atoms with Crippen LogP contribution in [0.25, 0.3) is 5.69 Å². The van der Waals surface area contributed by atoms with Crippen molar-refractivity contribution in [2.24, 2.45) is 4.99 Å². The molecule has 3 aromatic rings. The van der Waals surface area contributed by atoms with Crippen LogP contribution in [0.4, 0.5) is 0 Å². The third-order valence-corrected chi connectivity index (χ3v) is 6.48. The lowest BCUT2D eigenvalue weighted by Crippen LogP contribution is -2.31. The number of aliphatic imine (C=N–C) groups is 1. The van der Waals surface area contributed by atoms with Gasteiger partial charge in [-0.05, 0) is 37.3 Å². The minimum atomic E-state index is -0.950. The summed E-state index contributed by atoms with van der Waals surface area (Å²) in [6.07, 6.45) is -1.89. The number of likely N-dealkylation sites (tertiary alicyclic amines) is 1. The summed E-state index contributed by atoms with van der Waals surface area (Å²) in [6, 6.07) is 12.4. The Morgan fingerprint density at radius 3 is 2.50 bits per heavy atom. The lowest BCUT2D eigenvalue weighted by molar-refractivity contribution is -0.131. The summed E-state index contributed by atoms with van der Waals surface area (Å²) in [5, 5.41) is 29.0. The van der Waals surface area contributed by atoms with Crippen LogP contribution in [0.5, 0.6) is 5.75 Å². The summed E-state index contributed by atoms with van der Waals surface area (Å²) in [6.45, 7) is 2.02. The van der Waals surface area contributed by atoms with Crippen LogP contribution in [-0.4, -0.2) is 73.9 Å². The fourth-order valence-electron chi connectivity index (χ4n) is 4.44. The first-order valence-corrected chi connectivity index (χ1v) is 11.3. The van der Waals surface area contributed by atoms with Crippen molar-refractivity contribution in [3.63, 3.8) is 0 Å². The molecule has 9 nitrogen and oxygen atoms in total. The molecule has 1 amide bonds. The van der Waals surface area contributed by atoms with Crippen LogP contribution in [0, 0.1) is 6.92 Å². The summed E-state index contributed by atoms with van der Waals surface area (Å²) in [5.74, 6) is 1.65. The van der Waals surface area contributed by atoms with Gasteiger partial charge in [0.2, 0.25) is 5.91 Å². The van der Waals surface area contributed by atoms with Gasteiger partial charge in [0.05, 0.1) is 37.1 Å². The van der Waals surface area contributed by atoms with Gasteiger partial charge in [-0.3, -0.25) is 14.4 Å². The highest BCUT2D eigenvalue weighted by atomic mass is 35.5. The molecule has 3 heterocycles.